The number of thioether (sulfide) groups is 1. The second kappa shape index (κ2) is 6.90. The number of carbonyl (C=O) groups excluding carboxylic acids is 1. The summed E-state index contributed by atoms with van der Waals surface area (Å²) in [6.45, 7) is 5.25. The summed E-state index contributed by atoms with van der Waals surface area (Å²) >= 11 is 5.34. The summed E-state index contributed by atoms with van der Waals surface area (Å²) in [7, 11) is 0. The molecular formula is C12H22BrNOS. The van der Waals surface area contributed by atoms with Crippen LogP contribution < -0.4 is 5.32 Å². The Balaban J connectivity index is 2.24. The molecule has 0 aromatic heterocycles. The van der Waals surface area contributed by atoms with E-state index in [0.29, 0.717) is 0 Å². The van der Waals surface area contributed by atoms with Crippen LogP contribution in [-0.4, -0.2) is 29.3 Å². The molecule has 1 atom stereocenters. The first kappa shape index (κ1) is 14.4. The fourth-order valence-corrected chi connectivity index (χ4v) is 3.35. The zero-order valence-corrected chi connectivity index (χ0v) is 12.6. The van der Waals surface area contributed by atoms with Gasteiger partial charge in [-0.3, -0.25) is 4.79 Å². The maximum atomic E-state index is 11.8. The van der Waals surface area contributed by atoms with Gasteiger partial charge in [0, 0.05) is 23.5 Å². The zero-order chi connectivity index (χ0) is 12.0. The van der Waals surface area contributed by atoms with Crippen LogP contribution in [0.4, 0.5) is 0 Å². The minimum absolute atomic E-state index is 0.217. The lowest BCUT2D eigenvalue weighted by Crippen LogP contribution is -2.37. The molecular weight excluding hydrogens is 286 g/mol. The van der Waals surface area contributed by atoms with Crippen LogP contribution in [0.3, 0.4) is 0 Å². The molecule has 0 spiro atoms. The van der Waals surface area contributed by atoms with E-state index in [4.69, 9.17) is 0 Å². The Morgan fingerprint density at radius 3 is 2.88 bits per heavy atom. The predicted molar refractivity (Wildman–Crippen MR) is 75.3 cm³/mol. The lowest BCUT2D eigenvalue weighted by Gasteiger charge is -2.25. The van der Waals surface area contributed by atoms with Crippen molar-refractivity contribution in [1.29, 1.82) is 0 Å². The summed E-state index contributed by atoms with van der Waals surface area (Å²) in [4.78, 5) is 11.8. The molecule has 1 rings (SSSR count). The number of amides is 1. The Kier molecular flexibility index (Phi) is 6.19. The SMILES string of the molecule is CC(C)(CCCBr)CNC(=O)C1CCSC1. The maximum absolute atomic E-state index is 11.8. The number of hydrogen-bond donors (Lipinski definition) is 1. The van der Waals surface area contributed by atoms with Crippen molar-refractivity contribution in [2.24, 2.45) is 11.3 Å². The van der Waals surface area contributed by atoms with Gasteiger partial charge in [-0.2, -0.15) is 11.8 Å². The maximum Gasteiger partial charge on any atom is 0.223 e. The van der Waals surface area contributed by atoms with E-state index in [1.54, 1.807) is 0 Å². The van der Waals surface area contributed by atoms with Crippen LogP contribution in [0, 0.1) is 11.3 Å². The first-order chi connectivity index (χ1) is 7.55. The summed E-state index contributed by atoms with van der Waals surface area (Å²) in [5.41, 5.74) is 0.217. The molecule has 1 fully saturated rings. The molecule has 0 saturated carbocycles. The van der Waals surface area contributed by atoms with Gasteiger partial charge in [-0.05, 0) is 30.4 Å². The van der Waals surface area contributed by atoms with E-state index in [0.717, 1.165) is 36.2 Å². The summed E-state index contributed by atoms with van der Waals surface area (Å²) in [5.74, 6) is 2.67. The molecule has 0 aliphatic carbocycles. The van der Waals surface area contributed by atoms with E-state index < -0.39 is 0 Å². The topological polar surface area (TPSA) is 29.1 Å². The van der Waals surface area contributed by atoms with E-state index in [1.165, 1.54) is 6.42 Å². The third-order valence-electron chi connectivity index (χ3n) is 3.03. The number of alkyl halides is 1. The van der Waals surface area contributed by atoms with Crippen molar-refractivity contribution in [3.63, 3.8) is 0 Å². The van der Waals surface area contributed by atoms with Crippen molar-refractivity contribution >= 4 is 33.6 Å². The fourth-order valence-electron chi connectivity index (χ4n) is 1.85. The van der Waals surface area contributed by atoms with Gasteiger partial charge < -0.3 is 5.32 Å². The van der Waals surface area contributed by atoms with Gasteiger partial charge in [0.1, 0.15) is 0 Å². The quantitative estimate of drug-likeness (QED) is 0.764. The smallest absolute Gasteiger partial charge is 0.223 e. The molecule has 1 amide bonds. The number of halogens is 1. The molecule has 1 unspecified atom stereocenters. The van der Waals surface area contributed by atoms with Crippen molar-refractivity contribution in [1.82, 2.24) is 5.32 Å². The highest BCUT2D eigenvalue weighted by atomic mass is 79.9. The Bertz CT molecular complexity index is 227. The number of nitrogens with one attached hydrogen (secondary N) is 1. The van der Waals surface area contributed by atoms with Gasteiger partial charge in [0.15, 0.2) is 0 Å². The van der Waals surface area contributed by atoms with Crippen LogP contribution in [-0.2, 0) is 4.79 Å². The third-order valence-corrected chi connectivity index (χ3v) is 4.75. The van der Waals surface area contributed by atoms with Gasteiger partial charge in [0.05, 0.1) is 0 Å². The van der Waals surface area contributed by atoms with E-state index in [9.17, 15) is 4.79 Å². The summed E-state index contributed by atoms with van der Waals surface area (Å²) in [6, 6.07) is 0. The van der Waals surface area contributed by atoms with Gasteiger partial charge in [0.2, 0.25) is 5.91 Å². The molecule has 2 nitrogen and oxygen atoms in total. The lowest BCUT2D eigenvalue weighted by atomic mass is 9.88. The monoisotopic (exact) mass is 307 g/mol. The van der Waals surface area contributed by atoms with E-state index in [1.807, 2.05) is 11.8 Å². The highest BCUT2D eigenvalue weighted by Gasteiger charge is 2.25. The summed E-state index contributed by atoms with van der Waals surface area (Å²) in [6.07, 6.45) is 3.37. The van der Waals surface area contributed by atoms with Gasteiger partial charge >= 0.3 is 0 Å². The second-order valence-corrected chi connectivity index (χ2v) is 7.18. The third kappa shape index (κ3) is 5.09. The summed E-state index contributed by atoms with van der Waals surface area (Å²) < 4.78 is 0. The molecule has 1 N–H and O–H groups in total. The van der Waals surface area contributed by atoms with Crippen molar-refractivity contribution in [2.75, 3.05) is 23.4 Å². The molecule has 0 bridgehead atoms. The number of hydrogen-bond acceptors (Lipinski definition) is 2. The Morgan fingerprint density at radius 1 is 1.56 bits per heavy atom. The van der Waals surface area contributed by atoms with Gasteiger partial charge in [-0.25, -0.2) is 0 Å². The first-order valence-corrected chi connectivity index (χ1v) is 8.24. The van der Waals surface area contributed by atoms with Crippen molar-refractivity contribution in [3.8, 4) is 0 Å². The molecule has 0 aromatic rings. The Labute approximate surface area is 111 Å². The molecule has 1 aliphatic heterocycles. The van der Waals surface area contributed by atoms with Crippen molar-refractivity contribution in [2.45, 2.75) is 33.1 Å². The molecule has 1 heterocycles. The Hall–Kier alpha value is 0.300. The first-order valence-electron chi connectivity index (χ1n) is 5.96. The van der Waals surface area contributed by atoms with Crippen LogP contribution in [0.5, 0.6) is 0 Å². The van der Waals surface area contributed by atoms with Crippen LogP contribution in [0.25, 0.3) is 0 Å². The van der Waals surface area contributed by atoms with Crippen LogP contribution in [0.1, 0.15) is 33.1 Å². The molecule has 0 radical (unpaired) electrons. The zero-order valence-electron chi connectivity index (χ0n) is 10.2. The van der Waals surface area contributed by atoms with Crippen molar-refractivity contribution < 1.29 is 4.79 Å². The number of carbonyl (C=O) groups is 1. The molecule has 1 aliphatic rings. The predicted octanol–water partition coefficient (Wildman–Crippen LogP) is 3.06. The van der Waals surface area contributed by atoms with E-state index >= 15 is 0 Å². The van der Waals surface area contributed by atoms with E-state index in [-0.39, 0.29) is 17.2 Å². The largest absolute Gasteiger partial charge is 0.355 e. The molecule has 4 heteroatoms. The molecule has 0 aromatic carbocycles. The minimum atomic E-state index is 0.217. The normalized spacial score (nSPS) is 21.1. The van der Waals surface area contributed by atoms with Crippen LogP contribution >= 0.6 is 27.7 Å². The summed E-state index contributed by atoms with van der Waals surface area (Å²) in [5, 5.41) is 4.15. The van der Waals surface area contributed by atoms with Gasteiger partial charge in [-0.15, -0.1) is 0 Å². The van der Waals surface area contributed by atoms with Crippen molar-refractivity contribution in [3.05, 3.63) is 0 Å². The van der Waals surface area contributed by atoms with Crippen LogP contribution in [0.2, 0.25) is 0 Å². The van der Waals surface area contributed by atoms with Gasteiger partial charge in [0.25, 0.3) is 0 Å². The van der Waals surface area contributed by atoms with E-state index in [2.05, 4.69) is 35.1 Å². The lowest BCUT2D eigenvalue weighted by molar-refractivity contribution is -0.124. The highest BCUT2D eigenvalue weighted by Crippen LogP contribution is 2.25. The second-order valence-electron chi connectivity index (χ2n) is 5.24. The minimum Gasteiger partial charge on any atom is -0.355 e. The van der Waals surface area contributed by atoms with Crippen LogP contribution in [0.15, 0.2) is 0 Å². The Morgan fingerprint density at radius 2 is 2.31 bits per heavy atom. The standard InChI is InChI=1S/C12H22BrNOS/c1-12(2,5-3-6-13)9-14-11(15)10-4-7-16-8-10/h10H,3-9H2,1-2H3,(H,14,15). The molecule has 1 saturated heterocycles. The average Bonchev–Trinajstić information content (AvgIpc) is 2.77. The highest BCUT2D eigenvalue weighted by molar-refractivity contribution is 9.09. The molecule has 94 valence electrons. The fraction of sp³-hybridized carbons (Fsp3) is 0.917. The molecule has 16 heavy (non-hydrogen) atoms. The van der Waals surface area contributed by atoms with Gasteiger partial charge in [-0.1, -0.05) is 29.8 Å². The number of rotatable bonds is 6. The average molecular weight is 308 g/mol.